The van der Waals surface area contributed by atoms with E-state index in [4.69, 9.17) is 11.6 Å². The second-order valence-electron chi connectivity index (χ2n) is 7.30. The number of para-hydroxylation sites is 1. The van der Waals surface area contributed by atoms with Gasteiger partial charge >= 0.3 is 0 Å². The predicted octanol–water partition coefficient (Wildman–Crippen LogP) is 2.92. The standard InChI is InChI=1S/C20H24ClN5O2S/c21-15-5-1-2-6-16(15)22-20-23-17(14-29-20)19(28)26-11-9-24(10-12-26)13-18(27)25-7-3-4-8-25/h1-2,5-6,14H,3-4,7-13H2,(H,22,23). The fourth-order valence-electron chi connectivity index (χ4n) is 3.64. The number of thiazole rings is 1. The summed E-state index contributed by atoms with van der Waals surface area (Å²) >= 11 is 7.54. The number of halogens is 1. The van der Waals surface area contributed by atoms with E-state index in [9.17, 15) is 9.59 Å². The molecule has 4 rings (SSSR count). The molecule has 0 bridgehead atoms. The molecule has 0 atom stereocenters. The lowest BCUT2D eigenvalue weighted by atomic mass is 10.3. The highest BCUT2D eigenvalue weighted by molar-refractivity contribution is 7.14. The van der Waals surface area contributed by atoms with Crippen LogP contribution >= 0.6 is 22.9 Å². The number of likely N-dealkylation sites (tertiary alicyclic amines) is 1. The van der Waals surface area contributed by atoms with Crippen molar-refractivity contribution in [3.63, 3.8) is 0 Å². The van der Waals surface area contributed by atoms with Crippen LogP contribution in [0.5, 0.6) is 0 Å². The van der Waals surface area contributed by atoms with Crippen molar-refractivity contribution in [2.75, 3.05) is 51.1 Å². The van der Waals surface area contributed by atoms with Crippen molar-refractivity contribution in [2.45, 2.75) is 12.8 Å². The highest BCUT2D eigenvalue weighted by atomic mass is 35.5. The SMILES string of the molecule is O=C(CN1CCN(C(=O)c2csc(Nc3ccccc3Cl)n2)CC1)N1CCCC1. The van der Waals surface area contributed by atoms with E-state index in [-0.39, 0.29) is 11.8 Å². The molecule has 0 spiro atoms. The minimum Gasteiger partial charge on any atom is -0.342 e. The number of carbonyl (C=O) groups is 2. The number of carbonyl (C=O) groups excluding carboxylic acids is 2. The fraction of sp³-hybridized carbons (Fsp3) is 0.450. The maximum Gasteiger partial charge on any atom is 0.273 e. The zero-order valence-electron chi connectivity index (χ0n) is 16.1. The van der Waals surface area contributed by atoms with E-state index in [0.717, 1.165) is 31.6 Å². The largest absolute Gasteiger partial charge is 0.342 e. The molecule has 1 aromatic carbocycles. The molecule has 2 aromatic rings. The molecular formula is C20H24ClN5O2S. The van der Waals surface area contributed by atoms with Gasteiger partial charge in [-0.3, -0.25) is 14.5 Å². The molecule has 1 aromatic heterocycles. The van der Waals surface area contributed by atoms with Crippen LogP contribution in [0.1, 0.15) is 23.3 Å². The Hall–Kier alpha value is -2.16. The number of hydrogen-bond donors (Lipinski definition) is 1. The Labute approximate surface area is 179 Å². The Morgan fingerprint density at radius 3 is 2.48 bits per heavy atom. The second-order valence-corrected chi connectivity index (χ2v) is 8.56. The Morgan fingerprint density at radius 2 is 1.76 bits per heavy atom. The van der Waals surface area contributed by atoms with Gasteiger partial charge < -0.3 is 15.1 Å². The van der Waals surface area contributed by atoms with Gasteiger partial charge in [-0.15, -0.1) is 11.3 Å². The number of nitrogens with one attached hydrogen (secondary N) is 1. The summed E-state index contributed by atoms with van der Waals surface area (Å²) < 4.78 is 0. The molecule has 3 heterocycles. The number of anilines is 2. The lowest BCUT2D eigenvalue weighted by Crippen LogP contribution is -2.51. The first-order valence-electron chi connectivity index (χ1n) is 9.86. The molecule has 154 valence electrons. The summed E-state index contributed by atoms with van der Waals surface area (Å²) in [5.41, 5.74) is 1.20. The van der Waals surface area contributed by atoms with Gasteiger partial charge in [0.2, 0.25) is 5.91 Å². The lowest BCUT2D eigenvalue weighted by Gasteiger charge is -2.34. The van der Waals surface area contributed by atoms with Gasteiger partial charge in [0.05, 0.1) is 17.3 Å². The minimum atomic E-state index is -0.0704. The summed E-state index contributed by atoms with van der Waals surface area (Å²) in [6.45, 7) is 4.84. The van der Waals surface area contributed by atoms with Gasteiger partial charge in [-0.25, -0.2) is 4.98 Å². The fourth-order valence-corrected chi connectivity index (χ4v) is 4.52. The third-order valence-electron chi connectivity index (χ3n) is 5.32. The van der Waals surface area contributed by atoms with E-state index < -0.39 is 0 Å². The number of amides is 2. The van der Waals surface area contributed by atoms with Gasteiger partial charge in [0, 0.05) is 44.6 Å². The molecule has 2 aliphatic rings. The molecule has 2 amide bonds. The number of nitrogens with zero attached hydrogens (tertiary/aromatic N) is 4. The molecule has 0 radical (unpaired) electrons. The molecule has 2 fully saturated rings. The molecule has 1 N–H and O–H groups in total. The van der Waals surface area contributed by atoms with Gasteiger partial charge in [0.25, 0.3) is 5.91 Å². The molecule has 2 aliphatic heterocycles. The van der Waals surface area contributed by atoms with Crippen molar-refractivity contribution in [3.05, 3.63) is 40.4 Å². The number of hydrogen-bond acceptors (Lipinski definition) is 6. The van der Waals surface area contributed by atoms with Gasteiger partial charge in [-0.2, -0.15) is 0 Å². The zero-order valence-corrected chi connectivity index (χ0v) is 17.7. The first kappa shape index (κ1) is 20.1. The quantitative estimate of drug-likeness (QED) is 0.785. The molecule has 0 saturated carbocycles. The molecule has 0 aliphatic carbocycles. The van der Waals surface area contributed by atoms with Crippen molar-refractivity contribution in [1.29, 1.82) is 0 Å². The monoisotopic (exact) mass is 433 g/mol. The Bertz CT molecular complexity index is 875. The Morgan fingerprint density at radius 1 is 1.03 bits per heavy atom. The van der Waals surface area contributed by atoms with Crippen LogP contribution in [0.15, 0.2) is 29.6 Å². The molecule has 29 heavy (non-hydrogen) atoms. The van der Waals surface area contributed by atoms with Crippen LogP contribution in [0.3, 0.4) is 0 Å². The summed E-state index contributed by atoms with van der Waals surface area (Å²) in [6.07, 6.45) is 2.21. The van der Waals surface area contributed by atoms with Crippen molar-refractivity contribution in [2.24, 2.45) is 0 Å². The number of rotatable bonds is 5. The highest BCUT2D eigenvalue weighted by Gasteiger charge is 2.26. The topological polar surface area (TPSA) is 68.8 Å². The number of benzene rings is 1. The third kappa shape index (κ3) is 4.88. The van der Waals surface area contributed by atoms with E-state index >= 15 is 0 Å². The van der Waals surface area contributed by atoms with Crippen LogP contribution < -0.4 is 5.32 Å². The van der Waals surface area contributed by atoms with E-state index in [2.05, 4.69) is 15.2 Å². The number of piperazine rings is 1. The average Bonchev–Trinajstić information content (AvgIpc) is 3.42. The molecule has 7 nitrogen and oxygen atoms in total. The summed E-state index contributed by atoms with van der Waals surface area (Å²) in [5, 5.41) is 6.17. The van der Waals surface area contributed by atoms with E-state index in [1.807, 2.05) is 28.0 Å². The zero-order chi connectivity index (χ0) is 20.2. The van der Waals surface area contributed by atoms with Crippen LogP contribution in [0.25, 0.3) is 0 Å². The molecule has 9 heteroatoms. The van der Waals surface area contributed by atoms with Crippen LogP contribution in [0.2, 0.25) is 5.02 Å². The third-order valence-corrected chi connectivity index (χ3v) is 6.40. The summed E-state index contributed by atoms with van der Waals surface area (Å²) in [4.78, 5) is 35.4. The van der Waals surface area contributed by atoms with Crippen LogP contribution in [0.4, 0.5) is 10.8 Å². The lowest BCUT2D eigenvalue weighted by molar-refractivity contribution is -0.131. The van der Waals surface area contributed by atoms with Gasteiger partial charge in [0.1, 0.15) is 5.69 Å². The van der Waals surface area contributed by atoms with Crippen LogP contribution in [-0.2, 0) is 4.79 Å². The van der Waals surface area contributed by atoms with Crippen LogP contribution in [0, 0.1) is 0 Å². The first-order chi connectivity index (χ1) is 14.1. The summed E-state index contributed by atoms with van der Waals surface area (Å²) in [5.74, 6) is 0.135. The van der Waals surface area contributed by atoms with E-state index in [0.29, 0.717) is 48.6 Å². The van der Waals surface area contributed by atoms with Crippen molar-refractivity contribution >= 4 is 45.6 Å². The molecule has 0 unspecified atom stereocenters. The van der Waals surface area contributed by atoms with Crippen molar-refractivity contribution in [3.8, 4) is 0 Å². The predicted molar refractivity (Wildman–Crippen MR) is 115 cm³/mol. The minimum absolute atomic E-state index is 0.0704. The van der Waals surface area contributed by atoms with Gasteiger partial charge in [-0.1, -0.05) is 23.7 Å². The Balaban J connectivity index is 1.29. The highest BCUT2D eigenvalue weighted by Crippen LogP contribution is 2.27. The molecule has 2 saturated heterocycles. The van der Waals surface area contributed by atoms with E-state index in [1.165, 1.54) is 11.3 Å². The summed E-state index contributed by atoms with van der Waals surface area (Å²) in [6, 6.07) is 7.43. The first-order valence-corrected chi connectivity index (χ1v) is 11.1. The maximum atomic E-state index is 12.8. The maximum absolute atomic E-state index is 12.8. The smallest absolute Gasteiger partial charge is 0.273 e. The summed E-state index contributed by atoms with van der Waals surface area (Å²) in [7, 11) is 0. The number of aromatic nitrogens is 1. The van der Waals surface area contributed by atoms with Gasteiger partial charge in [-0.05, 0) is 25.0 Å². The van der Waals surface area contributed by atoms with Crippen molar-refractivity contribution < 1.29 is 9.59 Å². The Kier molecular flexibility index (Phi) is 6.32. The average molecular weight is 434 g/mol. The normalized spacial score (nSPS) is 17.6. The second kappa shape index (κ2) is 9.11. The van der Waals surface area contributed by atoms with E-state index in [1.54, 1.807) is 11.4 Å². The van der Waals surface area contributed by atoms with Gasteiger partial charge in [0.15, 0.2) is 5.13 Å². The van der Waals surface area contributed by atoms with Crippen molar-refractivity contribution in [1.82, 2.24) is 19.7 Å². The van der Waals surface area contributed by atoms with Crippen LogP contribution in [-0.4, -0.2) is 77.3 Å². The molecular weight excluding hydrogens is 410 g/mol.